The minimum Gasteiger partial charge on any atom is -0.118 e. The fourth-order valence-electron chi connectivity index (χ4n) is 1.30. The Bertz CT molecular complexity index is 226. The molecule has 1 heteroatoms. The van der Waals surface area contributed by atoms with Crippen LogP contribution in [0.4, 0.5) is 0 Å². The minimum absolute atomic E-state index is 0.260. The summed E-state index contributed by atoms with van der Waals surface area (Å²) in [4.78, 5) is 0. The van der Waals surface area contributed by atoms with Crippen LogP contribution in [0.1, 0.15) is 23.8 Å². The summed E-state index contributed by atoms with van der Waals surface area (Å²) in [5.74, 6) is 0.749. The second-order valence-electron chi connectivity index (χ2n) is 3.15. The quantitative estimate of drug-likeness (QED) is 0.591. The number of hydrogen-bond donors (Lipinski definition) is 0. The molecule has 0 aromatic heterocycles. The van der Waals surface area contributed by atoms with Gasteiger partial charge >= 0.3 is 0 Å². The van der Waals surface area contributed by atoms with E-state index in [1.165, 1.54) is 18.4 Å². The maximum Gasteiger partial charge on any atom is 0.0613 e. The van der Waals surface area contributed by atoms with Crippen molar-refractivity contribution in [2.45, 2.75) is 18.2 Å². The van der Waals surface area contributed by atoms with Crippen LogP contribution in [0, 0.1) is 5.92 Å². The van der Waals surface area contributed by atoms with Gasteiger partial charge in [-0.05, 0) is 24.3 Å². The second-order valence-corrected chi connectivity index (χ2v) is 3.62. The average Bonchev–Trinajstić information content (AvgIpc) is 2.87. The number of hydrogen-bond acceptors (Lipinski definition) is 0. The van der Waals surface area contributed by atoms with Gasteiger partial charge in [0.15, 0.2) is 0 Å². The first-order chi connectivity index (χ1) is 5.38. The van der Waals surface area contributed by atoms with Crippen molar-refractivity contribution in [3.8, 4) is 0 Å². The fourth-order valence-corrected chi connectivity index (χ4v) is 1.70. The van der Waals surface area contributed by atoms with Gasteiger partial charge in [0.2, 0.25) is 0 Å². The first-order valence-corrected chi connectivity index (χ1v) is 4.50. The molecule has 1 aliphatic carbocycles. The lowest BCUT2D eigenvalue weighted by Crippen LogP contribution is -1.90. The topological polar surface area (TPSA) is 0 Å². The smallest absolute Gasteiger partial charge is 0.0613 e. The molecule has 0 heterocycles. The zero-order chi connectivity index (χ0) is 7.68. The van der Waals surface area contributed by atoms with E-state index in [4.69, 9.17) is 11.6 Å². The fraction of sp³-hybridized carbons (Fsp3) is 0.400. The highest BCUT2D eigenvalue weighted by Crippen LogP contribution is 2.44. The van der Waals surface area contributed by atoms with Crippen molar-refractivity contribution in [2.75, 3.05) is 0 Å². The van der Waals surface area contributed by atoms with Gasteiger partial charge in [-0.3, -0.25) is 0 Å². The highest BCUT2D eigenvalue weighted by molar-refractivity contribution is 6.21. The van der Waals surface area contributed by atoms with Crippen molar-refractivity contribution in [3.05, 3.63) is 35.9 Å². The predicted molar refractivity (Wildman–Crippen MR) is 47.8 cm³/mol. The van der Waals surface area contributed by atoms with Crippen LogP contribution in [0.25, 0.3) is 0 Å². The van der Waals surface area contributed by atoms with Gasteiger partial charge in [-0.2, -0.15) is 0 Å². The van der Waals surface area contributed by atoms with Crippen molar-refractivity contribution >= 4 is 11.6 Å². The van der Waals surface area contributed by atoms with Crippen molar-refractivity contribution < 1.29 is 0 Å². The Hall–Kier alpha value is -0.490. The lowest BCUT2D eigenvalue weighted by molar-refractivity contribution is 0.798. The van der Waals surface area contributed by atoms with Gasteiger partial charge in [-0.25, -0.2) is 0 Å². The Balaban J connectivity index is 2.15. The van der Waals surface area contributed by atoms with Gasteiger partial charge in [0.1, 0.15) is 0 Å². The molecule has 1 aromatic carbocycles. The summed E-state index contributed by atoms with van der Waals surface area (Å²) in [7, 11) is 0. The van der Waals surface area contributed by atoms with Gasteiger partial charge in [-0.15, -0.1) is 11.6 Å². The summed E-state index contributed by atoms with van der Waals surface area (Å²) in [5, 5.41) is 0.260. The summed E-state index contributed by atoms with van der Waals surface area (Å²) >= 11 is 6.20. The Morgan fingerprint density at radius 3 is 2.36 bits per heavy atom. The highest BCUT2D eigenvalue weighted by Gasteiger charge is 2.30. The molecule has 0 saturated heterocycles. The molecule has 0 radical (unpaired) electrons. The lowest BCUT2D eigenvalue weighted by atomic mass is 10.1. The molecule has 2 rings (SSSR count). The van der Waals surface area contributed by atoms with E-state index in [1.807, 2.05) is 18.2 Å². The molecular formula is C10H11Cl. The second kappa shape index (κ2) is 2.86. The number of rotatable bonds is 2. The Kier molecular flexibility index (Phi) is 1.87. The largest absolute Gasteiger partial charge is 0.118 e. The van der Waals surface area contributed by atoms with Crippen LogP contribution in [-0.4, -0.2) is 0 Å². The predicted octanol–water partition coefficient (Wildman–Crippen LogP) is 3.38. The molecule has 1 fully saturated rings. The normalized spacial score (nSPS) is 19.7. The first kappa shape index (κ1) is 7.17. The lowest BCUT2D eigenvalue weighted by Gasteiger charge is -2.06. The van der Waals surface area contributed by atoms with Crippen LogP contribution >= 0.6 is 11.6 Å². The summed E-state index contributed by atoms with van der Waals surface area (Å²) in [6.07, 6.45) is 2.62. The zero-order valence-corrected chi connectivity index (χ0v) is 7.09. The average molecular weight is 167 g/mol. The highest BCUT2D eigenvalue weighted by atomic mass is 35.5. The van der Waals surface area contributed by atoms with E-state index in [9.17, 15) is 0 Å². The van der Waals surface area contributed by atoms with Crippen molar-refractivity contribution in [3.63, 3.8) is 0 Å². The van der Waals surface area contributed by atoms with E-state index in [2.05, 4.69) is 12.1 Å². The third kappa shape index (κ3) is 1.57. The molecule has 0 nitrogen and oxygen atoms in total. The van der Waals surface area contributed by atoms with E-state index in [0.29, 0.717) is 0 Å². The van der Waals surface area contributed by atoms with E-state index >= 15 is 0 Å². The van der Waals surface area contributed by atoms with E-state index in [1.54, 1.807) is 0 Å². The third-order valence-electron chi connectivity index (χ3n) is 2.15. The summed E-state index contributed by atoms with van der Waals surface area (Å²) in [6.45, 7) is 0. The van der Waals surface area contributed by atoms with Crippen molar-refractivity contribution in [1.29, 1.82) is 0 Å². The Labute approximate surface area is 72.2 Å². The molecule has 0 amide bonds. The zero-order valence-electron chi connectivity index (χ0n) is 6.33. The van der Waals surface area contributed by atoms with Gasteiger partial charge in [0, 0.05) is 0 Å². The van der Waals surface area contributed by atoms with Crippen LogP contribution in [0.5, 0.6) is 0 Å². The van der Waals surface area contributed by atoms with Crippen LogP contribution in [0.15, 0.2) is 30.3 Å². The van der Waals surface area contributed by atoms with Crippen LogP contribution in [-0.2, 0) is 0 Å². The monoisotopic (exact) mass is 166 g/mol. The molecule has 0 N–H and O–H groups in total. The van der Waals surface area contributed by atoms with Gasteiger partial charge < -0.3 is 0 Å². The molecule has 1 aliphatic rings. The van der Waals surface area contributed by atoms with Gasteiger partial charge in [-0.1, -0.05) is 30.3 Å². The Morgan fingerprint density at radius 2 is 1.82 bits per heavy atom. The number of alkyl halides is 1. The van der Waals surface area contributed by atoms with Crippen LogP contribution in [0.2, 0.25) is 0 Å². The third-order valence-corrected chi connectivity index (χ3v) is 2.76. The van der Waals surface area contributed by atoms with E-state index in [0.717, 1.165) is 5.92 Å². The molecule has 1 saturated carbocycles. The van der Waals surface area contributed by atoms with E-state index < -0.39 is 0 Å². The van der Waals surface area contributed by atoms with Gasteiger partial charge in [0.05, 0.1) is 5.38 Å². The van der Waals surface area contributed by atoms with Crippen LogP contribution in [0.3, 0.4) is 0 Å². The SMILES string of the molecule is ClC(c1ccccc1)C1CC1. The van der Waals surface area contributed by atoms with Crippen LogP contribution < -0.4 is 0 Å². The number of benzene rings is 1. The molecule has 1 aromatic rings. The minimum atomic E-state index is 0.260. The summed E-state index contributed by atoms with van der Waals surface area (Å²) in [6, 6.07) is 10.3. The first-order valence-electron chi connectivity index (χ1n) is 4.07. The molecular weight excluding hydrogens is 156 g/mol. The number of halogens is 1. The molecule has 0 spiro atoms. The maximum absolute atomic E-state index is 6.20. The molecule has 1 atom stereocenters. The van der Waals surface area contributed by atoms with Crippen molar-refractivity contribution in [2.24, 2.45) is 5.92 Å². The molecule has 58 valence electrons. The summed E-state index contributed by atoms with van der Waals surface area (Å²) < 4.78 is 0. The molecule has 1 unspecified atom stereocenters. The molecule has 11 heavy (non-hydrogen) atoms. The standard InChI is InChI=1S/C10H11Cl/c11-10(9-6-7-9)8-4-2-1-3-5-8/h1-5,9-10H,6-7H2. The summed E-state index contributed by atoms with van der Waals surface area (Å²) in [5.41, 5.74) is 1.27. The molecule has 0 bridgehead atoms. The maximum atomic E-state index is 6.20. The Morgan fingerprint density at radius 1 is 1.18 bits per heavy atom. The van der Waals surface area contributed by atoms with Gasteiger partial charge in [0.25, 0.3) is 0 Å². The van der Waals surface area contributed by atoms with E-state index in [-0.39, 0.29) is 5.38 Å². The molecule has 0 aliphatic heterocycles. The van der Waals surface area contributed by atoms with Crippen molar-refractivity contribution in [1.82, 2.24) is 0 Å².